The van der Waals surface area contributed by atoms with Crippen LogP contribution in [-0.2, 0) is 12.8 Å². The lowest BCUT2D eigenvalue weighted by atomic mass is 10.2. The van der Waals surface area contributed by atoms with Crippen molar-refractivity contribution in [2.24, 2.45) is 12.9 Å². The Morgan fingerprint density at radius 3 is 2.89 bits per heavy atom. The standard InChI is InChI=1S/C12H18N6S/c1-3-4-19-8-12-15-10(5-11(16-12)17-13)9-6-14-18(2)7-9/h5-7H,3-4,8,13H2,1-2H3,(H,15,16,17). The highest BCUT2D eigenvalue weighted by atomic mass is 32.2. The molecule has 0 atom stereocenters. The van der Waals surface area contributed by atoms with Gasteiger partial charge in [-0.15, -0.1) is 0 Å². The second-order valence-electron chi connectivity index (χ2n) is 4.15. The summed E-state index contributed by atoms with van der Waals surface area (Å²) in [6.07, 6.45) is 4.85. The Hall–Kier alpha value is -1.60. The summed E-state index contributed by atoms with van der Waals surface area (Å²) in [7, 11) is 1.88. The fourth-order valence-corrected chi connectivity index (χ4v) is 2.39. The molecule has 0 spiro atoms. The summed E-state index contributed by atoms with van der Waals surface area (Å²) in [5.41, 5.74) is 4.38. The summed E-state index contributed by atoms with van der Waals surface area (Å²) in [5, 5.41) is 4.15. The predicted molar refractivity (Wildman–Crippen MR) is 78.5 cm³/mol. The molecule has 0 radical (unpaired) electrons. The van der Waals surface area contributed by atoms with Crippen LogP contribution in [0.5, 0.6) is 0 Å². The van der Waals surface area contributed by atoms with Crippen LogP contribution >= 0.6 is 11.8 Å². The number of nitrogen functional groups attached to an aromatic ring is 1. The van der Waals surface area contributed by atoms with Crippen molar-refractivity contribution in [1.29, 1.82) is 0 Å². The number of nitrogens with two attached hydrogens (primary N) is 1. The van der Waals surface area contributed by atoms with Gasteiger partial charge in [0.25, 0.3) is 0 Å². The van der Waals surface area contributed by atoms with E-state index in [4.69, 9.17) is 5.84 Å². The predicted octanol–water partition coefficient (Wildman–Crippen LogP) is 1.81. The van der Waals surface area contributed by atoms with E-state index in [1.54, 1.807) is 10.9 Å². The number of aromatic nitrogens is 4. The molecule has 0 aliphatic rings. The maximum atomic E-state index is 5.46. The molecular weight excluding hydrogens is 260 g/mol. The van der Waals surface area contributed by atoms with Gasteiger partial charge in [-0.3, -0.25) is 4.68 Å². The number of nitrogens with zero attached hydrogens (tertiary/aromatic N) is 4. The molecule has 2 aromatic heterocycles. The van der Waals surface area contributed by atoms with Crippen molar-refractivity contribution < 1.29 is 0 Å². The maximum absolute atomic E-state index is 5.46. The zero-order valence-corrected chi connectivity index (χ0v) is 11.9. The highest BCUT2D eigenvalue weighted by Gasteiger charge is 2.08. The van der Waals surface area contributed by atoms with Crippen molar-refractivity contribution in [3.8, 4) is 11.3 Å². The molecule has 102 valence electrons. The molecular formula is C12H18N6S. The molecule has 2 aromatic rings. The minimum Gasteiger partial charge on any atom is -0.308 e. The number of hydrazine groups is 1. The quantitative estimate of drug-likeness (QED) is 0.476. The van der Waals surface area contributed by atoms with Crippen LogP contribution in [0, 0.1) is 0 Å². The average molecular weight is 278 g/mol. The number of thioether (sulfide) groups is 1. The van der Waals surface area contributed by atoms with Crippen LogP contribution in [0.15, 0.2) is 18.5 Å². The lowest BCUT2D eigenvalue weighted by Crippen LogP contribution is -2.10. The molecule has 0 saturated heterocycles. The molecule has 0 saturated carbocycles. The largest absolute Gasteiger partial charge is 0.308 e. The summed E-state index contributed by atoms with van der Waals surface area (Å²) < 4.78 is 1.75. The van der Waals surface area contributed by atoms with Crippen LogP contribution in [-0.4, -0.2) is 25.5 Å². The summed E-state index contributed by atoms with van der Waals surface area (Å²) in [6, 6.07) is 1.82. The van der Waals surface area contributed by atoms with Gasteiger partial charge in [0.1, 0.15) is 11.6 Å². The van der Waals surface area contributed by atoms with Crippen molar-refractivity contribution in [2.45, 2.75) is 19.1 Å². The van der Waals surface area contributed by atoms with E-state index in [-0.39, 0.29) is 0 Å². The molecule has 19 heavy (non-hydrogen) atoms. The third-order valence-electron chi connectivity index (χ3n) is 2.50. The Labute approximate surface area is 116 Å². The van der Waals surface area contributed by atoms with E-state index in [1.165, 1.54) is 0 Å². The first-order valence-corrected chi connectivity index (χ1v) is 7.29. The SMILES string of the molecule is CCCSCc1nc(NN)cc(-c2cnn(C)c2)n1. The molecule has 0 aromatic carbocycles. The van der Waals surface area contributed by atoms with Crippen LogP contribution in [0.25, 0.3) is 11.3 Å². The van der Waals surface area contributed by atoms with Crippen molar-refractivity contribution in [3.63, 3.8) is 0 Å². The topological polar surface area (TPSA) is 81.6 Å². The lowest BCUT2D eigenvalue weighted by molar-refractivity contribution is 0.768. The third-order valence-corrected chi connectivity index (χ3v) is 3.66. The summed E-state index contributed by atoms with van der Waals surface area (Å²) >= 11 is 1.82. The lowest BCUT2D eigenvalue weighted by Gasteiger charge is -2.06. The third kappa shape index (κ3) is 3.68. The zero-order valence-electron chi connectivity index (χ0n) is 11.1. The molecule has 0 aliphatic heterocycles. The summed E-state index contributed by atoms with van der Waals surface area (Å²) in [4.78, 5) is 8.92. The van der Waals surface area contributed by atoms with E-state index in [0.29, 0.717) is 5.82 Å². The molecule has 7 heteroatoms. The van der Waals surface area contributed by atoms with Crippen LogP contribution in [0.1, 0.15) is 19.2 Å². The number of hydrogen-bond acceptors (Lipinski definition) is 6. The van der Waals surface area contributed by atoms with Gasteiger partial charge in [0, 0.05) is 24.9 Å². The molecule has 0 amide bonds. The van der Waals surface area contributed by atoms with Crippen LogP contribution in [0.4, 0.5) is 5.82 Å². The number of nitrogens with one attached hydrogen (secondary N) is 1. The molecule has 2 heterocycles. The first-order chi connectivity index (χ1) is 9.22. The Bertz CT molecular complexity index is 539. The minimum atomic E-state index is 0.626. The van der Waals surface area contributed by atoms with Gasteiger partial charge in [0.15, 0.2) is 0 Å². The first-order valence-electron chi connectivity index (χ1n) is 6.14. The number of aryl methyl sites for hydroxylation is 1. The molecule has 0 fully saturated rings. The Morgan fingerprint density at radius 1 is 1.42 bits per heavy atom. The Kier molecular flexibility index (Phi) is 4.75. The maximum Gasteiger partial charge on any atom is 0.144 e. The van der Waals surface area contributed by atoms with Gasteiger partial charge in [0.2, 0.25) is 0 Å². The van der Waals surface area contributed by atoms with E-state index in [2.05, 4.69) is 27.4 Å². The fraction of sp³-hybridized carbons (Fsp3) is 0.417. The monoisotopic (exact) mass is 278 g/mol. The Balaban J connectivity index is 2.25. The second kappa shape index (κ2) is 6.53. The smallest absolute Gasteiger partial charge is 0.144 e. The van der Waals surface area contributed by atoms with E-state index >= 15 is 0 Å². The van der Waals surface area contributed by atoms with Crippen molar-refractivity contribution in [3.05, 3.63) is 24.3 Å². The van der Waals surface area contributed by atoms with Crippen molar-refractivity contribution in [2.75, 3.05) is 11.2 Å². The second-order valence-corrected chi connectivity index (χ2v) is 5.26. The molecule has 0 bridgehead atoms. The highest BCUT2D eigenvalue weighted by molar-refractivity contribution is 7.98. The Morgan fingerprint density at radius 2 is 2.26 bits per heavy atom. The van der Waals surface area contributed by atoms with Gasteiger partial charge in [0.05, 0.1) is 17.6 Å². The summed E-state index contributed by atoms with van der Waals surface area (Å²) in [5.74, 6) is 8.76. The van der Waals surface area contributed by atoms with Gasteiger partial charge in [-0.25, -0.2) is 15.8 Å². The minimum absolute atomic E-state index is 0.626. The number of rotatable bonds is 6. The first kappa shape index (κ1) is 13.8. The highest BCUT2D eigenvalue weighted by Crippen LogP contribution is 2.20. The number of hydrogen-bond donors (Lipinski definition) is 2. The van der Waals surface area contributed by atoms with Gasteiger partial charge >= 0.3 is 0 Å². The van der Waals surface area contributed by atoms with Crippen LogP contribution < -0.4 is 11.3 Å². The van der Waals surface area contributed by atoms with E-state index < -0.39 is 0 Å². The fourth-order valence-electron chi connectivity index (χ4n) is 1.64. The zero-order chi connectivity index (χ0) is 13.7. The molecule has 0 unspecified atom stereocenters. The van der Waals surface area contributed by atoms with Gasteiger partial charge in [-0.05, 0) is 12.2 Å². The number of anilines is 1. The molecule has 6 nitrogen and oxygen atoms in total. The van der Waals surface area contributed by atoms with Crippen LogP contribution in [0.2, 0.25) is 0 Å². The van der Waals surface area contributed by atoms with Crippen molar-refractivity contribution >= 4 is 17.6 Å². The summed E-state index contributed by atoms with van der Waals surface area (Å²) in [6.45, 7) is 2.16. The van der Waals surface area contributed by atoms with Gasteiger partial charge < -0.3 is 5.43 Å². The molecule has 0 aliphatic carbocycles. The molecule has 2 rings (SSSR count). The van der Waals surface area contributed by atoms with Gasteiger partial charge in [-0.2, -0.15) is 16.9 Å². The average Bonchev–Trinajstić information content (AvgIpc) is 2.85. The van der Waals surface area contributed by atoms with E-state index in [9.17, 15) is 0 Å². The molecule has 3 N–H and O–H groups in total. The van der Waals surface area contributed by atoms with Gasteiger partial charge in [-0.1, -0.05) is 6.92 Å². The van der Waals surface area contributed by atoms with Crippen molar-refractivity contribution in [1.82, 2.24) is 19.7 Å². The van der Waals surface area contributed by atoms with Crippen LogP contribution in [0.3, 0.4) is 0 Å². The van der Waals surface area contributed by atoms with E-state index in [1.807, 2.05) is 31.1 Å². The normalized spacial score (nSPS) is 10.7. The van der Waals surface area contributed by atoms with E-state index in [0.717, 1.165) is 35.0 Å².